The van der Waals surface area contributed by atoms with Crippen molar-refractivity contribution in [2.45, 2.75) is 0 Å². The van der Waals surface area contributed by atoms with E-state index in [1.807, 2.05) is 0 Å². The smallest absolute Gasteiger partial charge is 0.150 e. The van der Waals surface area contributed by atoms with Gasteiger partial charge in [0.15, 0.2) is 0 Å². The Labute approximate surface area is 83.1 Å². The highest BCUT2D eigenvalue weighted by Crippen LogP contribution is 2.08. The predicted molar refractivity (Wildman–Crippen MR) is 54.8 cm³/mol. The number of nitrogens with one attached hydrogen (secondary N) is 1. The summed E-state index contributed by atoms with van der Waals surface area (Å²) in [6.45, 7) is 3.50. The van der Waals surface area contributed by atoms with E-state index < -0.39 is 0 Å². The van der Waals surface area contributed by atoms with Gasteiger partial charge in [-0.05, 0) is 0 Å². The molecule has 0 atom stereocenters. The topological polar surface area (TPSA) is 94.7 Å². The lowest BCUT2D eigenvalue weighted by Crippen LogP contribution is -2.23. The van der Waals surface area contributed by atoms with E-state index >= 15 is 0 Å². The molecule has 1 rings (SSSR count). The zero-order valence-electron chi connectivity index (χ0n) is 8.52. The van der Waals surface area contributed by atoms with Gasteiger partial charge < -0.3 is 15.2 Å². The van der Waals surface area contributed by atoms with E-state index in [9.17, 15) is 0 Å². The van der Waals surface area contributed by atoms with Gasteiger partial charge in [0, 0.05) is 27.7 Å². The third kappa shape index (κ3) is 2.23. The van der Waals surface area contributed by atoms with Crippen LogP contribution in [-0.4, -0.2) is 34.4 Å². The van der Waals surface area contributed by atoms with Crippen LogP contribution in [0, 0.1) is 17.2 Å². The zero-order valence-corrected chi connectivity index (χ0v) is 8.52. The minimum atomic E-state index is 0.327. The number of nitrogens with zero attached hydrogens (tertiary/aromatic N) is 4. The Morgan fingerprint density at radius 3 is 2.43 bits per heavy atom. The van der Waals surface area contributed by atoms with Crippen LogP contribution in [0.25, 0.3) is 0 Å². The van der Waals surface area contributed by atoms with Gasteiger partial charge in [-0.3, -0.25) is 5.41 Å². The summed E-state index contributed by atoms with van der Waals surface area (Å²) < 4.78 is 1.69. The van der Waals surface area contributed by atoms with E-state index in [-0.39, 0.29) is 0 Å². The summed E-state index contributed by atoms with van der Waals surface area (Å²) in [5.41, 5.74) is 6.20. The van der Waals surface area contributed by atoms with Crippen molar-refractivity contribution in [2.75, 3.05) is 19.8 Å². The molecule has 0 aliphatic heterocycles. The number of aryl methyl sites for hydroxylation is 1. The standard InChI is InChI=1S/C7H13N5.CHN/c1-11(2)6(8)5-7(9)12(3)4-10-5;1-2/h4,8H,9H2,1-3H3;1H. The van der Waals surface area contributed by atoms with Crippen LogP contribution in [-0.2, 0) is 7.05 Å². The molecule has 0 amide bonds. The highest BCUT2D eigenvalue weighted by molar-refractivity contribution is 5.98. The van der Waals surface area contributed by atoms with E-state index in [1.165, 1.54) is 0 Å². The van der Waals surface area contributed by atoms with E-state index in [0.29, 0.717) is 17.3 Å². The molecule has 0 fully saturated rings. The summed E-state index contributed by atoms with van der Waals surface area (Å²) in [6.07, 6.45) is 1.60. The Morgan fingerprint density at radius 2 is 2.14 bits per heavy atom. The number of rotatable bonds is 1. The maximum Gasteiger partial charge on any atom is 0.150 e. The molecule has 0 aliphatic carbocycles. The summed E-state index contributed by atoms with van der Waals surface area (Å²) in [4.78, 5) is 5.67. The van der Waals surface area contributed by atoms with Crippen LogP contribution in [0.2, 0.25) is 0 Å². The van der Waals surface area contributed by atoms with E-state index in [2.05, 4.69) is 11.6 Å². The largest absolute Gasteiger partial charge is 0.383 e. The van der Waals surface area contributed by atoms with E-state index in [1.54, 1.807) is 36.9 Å². The number of amidine groups is 1. The molecule has 0 bridgehead atoms. The zero-order chi connectivity index (χ0) is 11.3. The van der Waals surface area contributed by atoms with Gasteiger partial charge in [0.05, 0.1) is 6.33 Å². The van der Waals surface area contributed by atoms with Crippen molar-refractivity contribution in [1.29, 1.82) is 10.7 Å². The van der Waals surface area contributed by atoms with E-state index in [0.717, 1.165) is 0 Å². The molecule has 76 valence electrons. The van der Waals surface area contributed by atoms with Crippen molar-refractivity contribution in [3.8, 4) is 6.57 Å². The second kappa shape index (κ2) is 4.87. The first-order valence-corrected chi connectivity index (χ1v) is 3.83. The molecule has 6 nitrogen and oxygen atoms in total. The molecular formula is C8H14N6. The second-order valence-corrected chi connectivity index (χ2v) is 2.83. The molecule has 0 saturated heterocycles. The van der Waals surface area contributed by atoms with Crippen molar-refractivity contribution in [3.63, 3.8) is 0 Å². The Kier molecular flexibility index (Phi) is 4.16. The van der Waals surface area contributed by atoms with E-state index in [4.69, 9.17) is 16.4 Å². The van der Waals surface area contributed by atoms with Gasteiger partial charge in [0.2, 0.25) is 0 Å². The molecule has 0 unspecified atom stereocenters. The number of imidazole rings is 1. The molecule has 1 heterocycles. The molecule has 14 heavy (non-hydrogen) atoms. The minimum Gasteiger partial charge on any atom is -0.383 e. The summed E-state index contributed by atoms with van der Waals surface area (Å²) in [6, 6.07) is 0. The van der Waals surface area contributed by atoms with Crippen molar-refractivity contribution in [3.05, 3.63) is 12.0 Å². The Morgan fingerprint density at radius 1 is 1.64 bits per heavy atom. The third-order valence-corrected chi connectivity index (χ3v) is 1.65. The number of aromatic nitrogens is 2. The average Bonchev–Trinajstić information content (AvgIpc) is 2.50. The van der Waals surface area contributed by atoms with Gasteiger partial charge in [-0.25, -0.2) is 10.2 Å². The van der Waals surface area contributed by atoms with Crippen LogP contribution >= 0.6 is 0 Å². The normalized spacial score (nSPS) is 8.64. The SMILES string of the molecule is C#N.CN(C)C(=N)c1ncn(C)c1N. The van der Waals surface area contributed by atoms with Gasteiger partial charge in [0.25, 0.3) is 0 Å². The monoisotopic (exact) mass is 194 g/mol. The second-order valence-electron chi connectivity index (χ2n) is 2.83. The molecule has 1 aromatic rings. The molecule has 0 radical (unpaired) electrons. The Balaban J connectivity index is 0.000000791. The molecule has 0 saturated carbocycles. The summed E-state index contributed by atoms with van der Waals surface area (Å²) >= 11 is 0. The quantitative estimate of drug-likeness (QED) is 0.487. The van der Waals surface area contributed by atoms with Gasteiger partial charge >= 0.3 is 0 Å². The van der Waals surface area contributed by atoms with Gasteiger partial charge in [-0.1, -0.05) is 0 Å². The molecule has 6 heteroatoms. The highest BCUT2D eigenvalue weighted by atomic mass is 15.2. The fourth-order valence-electron chi connectivity index (χ4n) is 0.834. The lowest BCUT2D eigenvalue weighted by molar-refractivity contribution is 0.617. The predicted octanol–water partition coefficient (Wildman–Crippen LogP) is 0.0290. The van der Waals surface area contributed by atoms with Crippen LogP contribution in [0.3, 0.4) is 0 Å². The molecule has 3 N–H and O–H groups in total. The summed E-state index contributed by atoms with van der Waals surface area (Å²) in [5, 5.41) is 14.1. The lowest BCUT2D eigenvalue weighted by Gasteiger charge is -2.11. The maximum atomic E-state index is 7.61. The van der Waals surface area contributed by atoms with Crippen molar-refractivity contribution < 1.29 is 0 Å². The number of nitrogens with two attached hydrogens (primary N) is 1. The first-order chi connectivity index (χ1) is 6.54. The molecule has 0 aromatic carbocycles. The average molecular weight is 194 g/mol. The molecular weight excluding hydrogens is 180 g/mol. The Bertz CT molecular complexity index is 335. The van der Waals surface area contributed by atoms with Crippen LogP contribution in [0.1, 0.15) is 5.69 Å². The molecule has 1 aromatic heterocycles. The number of anilines is 1. The van der Waals surface area contributed by atoms with Crippen LogP contribution < -0.4 is 5.73 Å². The fourth-order valence-corrected chi connectivity index (χ4v) is 0.834. The number of nitriles is 1. The summed E-state index contributed by atoms with van der Waals surface area (Å²) in [5.74, 6) is 0.849. The van der Waals surface area contributed by atoms with Crippen LogP contribution in [0.15, 0.2) is 6.33 Å². The highest BCUT2D eigenvalue weighted by Gasteiger charge is 2.11. The molecule has 0 spiro atoms. The van der Waals surface area contributed by atoms with Gasteiger partial charge in [0.1, 0.15) is 17.3 Å². The first kappa shape index (κ1) is 12.0. The number of nitrogen functional groups attached to an aromatic ring is 1. The van der Waals surface area contributed by atoms with Gasteiger partial charge in [-0.15, -0.1) is 0 Å². The maximum absolute atomic E-state index is 7.61. The number of hydrogen-bond acceptors (Lipinski definition) is 4. The lowest BCUT2D eigenvalue weighted by atomic mass is 10.4. The third-order valence-electron chi connectivity index (χ3n) is 1.65. The summed E-state index contributed by atoms with van der Waals surface area (Å²) in [7, 11) is 5.38. The van der Waals surface area contributed by atoms with Crippen LogP contribution in [0.5, 0.6) is 0 Å². The fraction of sp³-hybridized carbons (Fsp3) is 0.375. The minimum absolute atomic E-state index is 0.327. The van der Waals surface area contributed by atoms with Crippen LogP contribution in [0.4, 0.5) is 5.82 Å². The Hall–Kier alpha value is -2.03. The van der Waals surface area contributed by atoms with Crippen molar-refractivity contribution in [1.82, 2.24) is 14.5 Å². The first-order valence-electron chi connectivity index (χ1n) is 3.83. The molecule has 0 aliphatic rings. The number of hydrogen-bond donors (Lipinski definition) is 2. The van der Waals surface area contributed by atoms with Crippen molar-refractivity contribution >= 4 is 11.7 Å². The van der Waals surface area contributed by atoms with Gasteiger partial charge in [-0.2, -0.15) is 0 Å². The van der Waals surface area contributed by atoms with Crippen molar-refractivity contribution in [2.24, 2.45) is 7.05 Å².